The van der Waals surface area contributed by atoms with E-state index >= 15 is 0 Å². The lowest BCUT2D eigenvalue weighted by Crippen LogP contribution is -2.41. The second kappa shape index (κ2) is 8.60. The number of hydrogen-bond acceptors (Lipinski definition) is 5. The number of carbonyl (C=O) groups excluding carboxylic acids is 1. The van der Waals surface area contributed by atoms with Crippen molar-refractivity contribution in [3.63, 3.8) is 0 Å². The van der Waals surface area contributed by atoms with Crippen LogP contribution in [-0.4, -0.2) is 48.6 Å². The average molecular weight is 395 g/mol. The van der Waals surface area contributed by atoms with Crippen molar-refractivity contribution in [2.45, 2.75) is 9.79 Å². The minimum atomic E-state index is -0.117. The maximum Gasteiger partial charge on any atom is 0.249 e. The van der Waals surface area contributed by atoms with Crippen LogP contribution in [0.25, 0.3) is 10.9 Å². The molecule has 3 aromatic rings. The molecular weight excluding hydrogens is 374 g/mol. The van der Waals surface area contributed by atoms with Crippen molar-refractivity contribution in [3.8, 4) is 0 Å². The number of nitrogens with one attached hydrogen (secondary N) is 2. The van der Waals surface area contributed by atoms with Gasteiger partial charge in [-0.15, -0.1) is 0 Å². The van der Waals surface area contributed by atoms with Gasteiger partial charge in [-0.25, -0.2) is 0 Å². The van der Waals surface area contributed by atoms with E-state index in [0.717, 1.165) is 39.5 Å². The van der Waals surface area contributed by atoms with E-state index in [2.05, 4.69) is 15.2 Å². The van der Waals surface area contributed by atoms with Crippen molar-refractivity contribution >= 4 is 34.3 Å². The average Bonchev–Trinajstić information content (AvgIpc) is 2.70. The molecule has 2 aromatic carbocycles. The molecule has 1 saturated heterocycles. The van der Waals surface area contributed by atoms with Crippen molar-refractivity contribution in [2.24, 2.45) is 0 Å². The van der Waals surface area contributed by atoms with Gasteiger partial charge in [0.1, 0.15) is 0 Å². The Hall–Kier alpha value is -2.61. The number of fused-ring (bicyclic) bond motifs is 1. The van der Waals surface area contributed by atoms with Gasteiger partial charge in [-0.3, -0.25) is 14.5 Å². The van der Waals surface area contributed by atoms with Crippen LogP contribution in [-0.2, 0) is 9.53 Å². The van der Waals surface area contributed by atoms with E-state index in [1.54, 1.807) is 6.07 Å². The molecule has 0 spiro atoms. The predicted molar refractivity (Wildman–Crippen MR) is 111 cm³/mol. The Morgan fingerprint density at radius 3 is 2.64 bits per heavy atom. The Bertz CT molecular complexity index is 1030. The maximum atomic E-state index is 12.2. The highest BCUT2D eigenvalue weighted by Crippen LogP contribution is 2.32. The van der Waals surface area contributed by atoms with E-state index in [0.29, 0.717) is 19.8 Å². The van der Waals surface area contributed by atoms with E-state index in [1.807, 2.05) is 48.5 Å². The first-order valence-corrected chi connectivity index (χ1v) is 9.99. The second-order valence-electron chi connectivity index (χ2n) is 6.61. The number of H-pyrrole nitrogens is 1. The monoisotopic (exact) mass is 395 g/mol. The molecule has 6 nitrogen and oxygen atoms in total. The first-order valence-electron chi connectivity index (χ1n) is 9.17. The van der Waals surface area contributed by atoms with Gasteiger partial charge in [-0.1, -0.05) is 30.0 Å². The SMILES string of the molecule is O=C(CN1CCOCC1)Nc1ccc(Sc2cc(=O)[nH]c3ccccc23)cc1. The van der Waals surface area contributed by atoms with Gasteiger partial charge in [-0.05, 0) is 30.3 Å². The van der Waals surface area contributed by atoms with E-state index in [9.17, 15) is 9.59 Å². The summed E-state index contributed by atoms with van der Waals surface area (Å²) < 4.78 is 5.30. The third-order valence-electron chi connectivity index (χ3n) is 4.55. The summed E-state index contributed by atoms with van der Waals surface area (Å²) in [4.78, 5) is 31.0. The van der Waals surface area contributed by atoms with Crippen LogP contribution in [0.1, 0.15) is 0 Å². The third-order valence-corrected chi connectivity index (χ3v) is 5.61. The number of nitrogens with zero attached hydrogens (tertiary/aromatic N) is 1. The lowest BCUT2D eigenvalue weighted by molar-refractivity contribution is -0.118. The Morgan fingerprint density at radius 2 is 1.86 bits per heavy atom. The molecular formula is C21H21N3O3S. The zero-order chi connectivity index (χ0) is 19.3. The number of anilines is 1. The van der Waals surface area contributed by atoms with Gasteiger partial charge in [0.15, 0.2) is 0 Å². The fraction of sp³-hybridized carbons (Fsp3) is 0.238. The molecule has 0 saturated carbocycles. The van der Waals surface area contributed by atoms with Gasteiger partial charge in [0, 0.05) is 45.5 Å². The highest BCUT2D eigenvalue weighted by molar-refractivity contribution is 7.99. The van der Waals surface area contributed by atoms with Crippen molar-refractivity contribution in [2.75, 3.05) is 38.2 Å². The van der Waals surface area contributed by atoms with Gasteiger partial charge < -0.3 is 15.0 Å². The van der Waals surface area contributed by atoms with Gasteiger partial charge in [-0.2, -0.15) is 0 Å². The summed E-state index contributed by atoms with van der Waals surface area (Å²) in [7, 11) is 0. The van der Waals surface area contributed by atoms with E-state index in [-0.39, 0.29) is 11.5 Å². The van der Waals surface area contributed by atoms with Crippen LogP contribution in [0.15, 0.2) is 69.2 Å². The number of carbonyl (C=O) groups is 1. The first kappa shape index (κ1) is 18.7. The van der Waals surface area contributed by atoms with Crippen LogP contribution in [0, 0.1) is 0 Å². The molecule has 0 atom stereocenters. The number of ether oxygens (including phenoxy) is 1. The fourth-order valence-electron chi connectivity index (χ4n) is 3.15. The Labute approximate surface area is 166 Å². The molecule has 0 radical (unpaired) electrons. The van der Waals surface area contributed by atoms with Crippen LogP contribution in [0.5, 0.6) is 0 Å². The van der Waals surface area contributed by atoms with Crippen LogP contribution in [0.4, 0.5) is 5.69 Å². The van der Waals surface area contributed by atoms with Crippen LogP contribution in [0.2, 0.25) is 0 Å². The van der Waals surface area contributed by atoms with Gasteiger partial charge >= 0.3 is 0 Å². The summed E-state index contributed by atoms with van der Waals surface area (Å²) in [6.45, 7) is 3.30. The topological polar surface area (TPSA) is 74.4 Å². The molecule has 1 fully saturated rings. The number of pyridine rings is 1. The van der Waals surface area contributed by atoms with E-state index in [1.165, 1.54) is 11.8 Å². The smallest absolute Gasteiger partial charge is 0.249 e. The molecule has 0 aliphatic carbocycles. The summed E-state index contributed by atoms with van der Waals surface area (Å²) in [6, 6.07) is 17.0. The highest BCUT2D eigenvalue weighted by atomic mass is 32.2. The second-order valence-corrected chi connectivity index (χ2v) is 7.72. The molecule has 1 aromatic heterocycles. The molecule has 28 heavy (non-hydrogen) atoms. The number of para-hydroxylation sites is 1. The van der Waals surface area contributed by atoms with Crippen LogP contribution < -0.4 is 10.9 Å². The Kier molecular flexibility index (Phi) is 5.76. The number of hydrogen-bond donors (Lipinski definition) is 2. The maximum absolute atomic E-state index is 12.2. The highest BCUT2D eigenvalue weighted by Gasteiger charge is 2.14. The summed E-state index contributed by atoms with van der Waals surface area (Å²) in [5.41, 5.74) is 1.47. The van der Waals surface area contributed by atoms with Gasteiger partial charge in [0.2, 0.25) is 11.5 Å². The summed E-state index contributed by atoms with van der Waals surface area (Å²) in [5.74, 6) is -0.0251. The van der Waals surface area contributed by atoms with E-state index < -0.39 is 0 Å². The number of morpholine rings is 1. The fourth-order valence-corrected chi connectivity index (χ4v) is 4.13. The molecule has 1 aliphatic rings. The number of benzene rings is 2. The molecule has 2 N–H and O–H groups in total. The van der Waals surface area contributed by atoms with Crippen molar-refractivity contribution < 1.29 is 9.53 Å². The molecule has 7 heteroatoms. The summed E-state index contributed by atoms with van der Waals surface area (Å²) >= 11 is 1.53. The van der Waals surface area contributed by atoms with E-state index in [4.69, 9.17) is 4.74 Å². The van der Waals surface area contributed by atoms with Crippen LogP contribution >= 0.6 is 11.8 Å². The van der Waals surface area contributed by atoms with Crippen molar-refractivity contribution in [3.05, 3.63) is 65.0 Å². The number of aromatic nitrogens is 1. The zero-order valence-electron chi connectivity index (χ0n) is 15.3. The lowest BCUT2D eigenvalue weighted by Gasteiger charge is -2.25. The minimum Gasteiger partial charge on any atom is -0.379 e. The zero-order valence-corrected chi connectivity index (χ0v) is 16.1. The lowest BCUT2D eigenvalue weighted by atomic mass is 10.2. The number of rotatable bonds is 5. The van der Waals surface area contributed by atoms with Crippen molar-refractivity contribution in [1.29, 1.82) is 0 Å². The van der Waals surface area contributed by atoms with Crippen molar-refractivity contribution in [1.82, 2.24) is 9.88 Å². The summed E-state index contributed by atoms with van der Waals surface area (Å²) in [6.07, 6.45) is 0. The molecule has 2 heterocycles. The summed E-state index contributed by atoms with van der Waals surface area (Å²) in [5, 5.41) is 3.94. The molecule has 0 unspecified atom stereocenters. The largest absolute Gasteiger partial charge is 0.379 e. The molecule has 4 rings (SSSR count). The third kappa shape index (κ3) is 4.62. The quantitative estimate of drug-likeness (QED) is 0.695. The predicted octanol–water partition coefficient (Wildman–Crippen LogP) is 2.95. The molecule has 1 aliphatic heterocycles. The Morgan fingerprint density at radius 1 is 1.11 bits per heavy atom. The normalized spacial score (nSPS) is 14.9. The number of amides is 1. The first-order chi connectivity index (χ1) is 13.7. The number of aromatic amines is 1. The van der Waals surface area contributed by atoms with Crippen LogP contribution in [0.3, 0.4) is 0 Å². The molecule has 0 bridgehead atoms. The van der Waals surface area contributed by atoms with Gasteiger partial charge in [0.05, 0.1) is 19.8 Å². The van der Waals surface area contributed by atoms with Gasteiger partial charge in [0.25, 0.3) is 0 Å². The standard InChI is InChI=1S/C21H21N3O3S/c25-20-13-19(17-3-1-2-4-18(17)23-20)28-16-7-5-15(6-8-16)22-21(26)14-24-9-11-27-12-10-24/h1-8,13H,9-12,14H2,(H,22,26)(H,23,25). The molecule has 1 amide bonds. The Balaban J connectivity index is 1.42. The minimum absolute atomic E-state index is 0.0251. The molecule has 144 valence electrons.